The standard InChI is InChI=1S/C17H22N4O3/c1-3-24-11-14-9-21(10-15(14)13-7-19-20(2)8-13)17(23)12-4-5-16(22)18-6-12/h4-8,14-15H,3,9-11H2,1-2H3,(H,18,22)/t14-,15-/m0/s1. The SMILES string of the molecule is CCOC[C@@H]1CN(C(=O)c2ccc(=O)[nH]c2)C[C@H]1c1cnn(C)c1. The lowest BCUT2D eigenvalue weighted by Crippen LogP contribution is -2.29. The summed E-state index contributed by atoms with van der Waals surface area (Å²) in [5.74, 6) is 0.372. The molecular weight excluding hydrogens is 308 g/mol. The molecule has 1 aliphatic rings. The van der Waals surface area contributed by atoms with Crippen LogP contribution in [0.15, 0.2) is 35.5 Å². The van der Waals surface area contributed by atoms with Crippen LogP contribution in [0.1, 0.15) is 28.8 Å². The summed E-state index contributed by atoms with van der Waals surface area (Å²) in [6.45, 7) is 4.51. The molecule has 2 aromatic rings. The van der Waals surface area contributed by atoms with Gasteiger partial charge < -0.3 is 14.6 Å². The van der Waals surface area contributed by atoms with E-state index in [-0.39, 0.29) is 23.3 Å². The largest absolute Gasteiger partial charge is 0.381 e. The summed E-state index contributed by atoms with van der Waals surface area (Å²) in [6, 6.07) is 2.94. The minimum Gasteiger partial charge on any atom is -0.381 e. The number of carbonyl (C=O) groups excluding carboxylic acids is 1. The van der Waals surface area contributed by atoms with Gasteiger partial charge in [-0.2, -0.15) is 5.10 Å². The van der Waals surface area contributed by atoms with Crippen LogP contribution in [-0.2, 0) is 11.8 Å². The lowest BCUT2D eigenvalue weighted by atomic mass is 9.92. The molecule has 1 N–H and O–H groups in total. The number of hydrogen-bond donors (Lipinski definition) is 1. The molecule has 3 heterocycles. The molecule has 3 rings (SSSR count). The average molecular weight is 330 g/mol. The highest BCUT2D eigenvalue weighted by molar-refractivity contribution is 5.94. The summed E-state index contributed by atoms with van der Waals surface area (Å²) in [6.07, 6.45) is 5.33. The third-order valence-electron chi connectivity index (χ3n) is 4.45. The van der Waals surface area contributed by atoms with E-state index < -0.39 is 0 Å². The normalized spacial score (nSPS) is 20.5. The van der Waals surface area contributed by atoms with E-state index in [9.17, 15) is 9.59 Å². The van der Waals surface area contributed by atoms with Crippen molar-refractivity contribution in [2.45, 2.75) is 12.8 Å². The van der Waals surface area contributed by atoms with Crippen LogP contribution < -0.4 is 5.56 Å². The zero-order chi connectivity index (χ0) is 17.1. The molecule has 1 aliphatic heterocycles. The Morgan fingerprint density at radius 3 is 2.88 bits per heavy atom. The van der Waals surface area contributed by atoms with Gasteiger partial charge in [0, 0.05) is 57.0 Å². The van der Waals surface area contributed by atoms with Crippen molar-refractivity contribution >= 4 is 5.91 Å². The number of carbonyl (C=O) groups is 1. The zero-order valence-corrected chi connectivity index (χ0v) is 13.9. The van der Waals surface area contributed by atoms with Crippen LogP contribution >= 0.6 is 0 Å². The molecule has 7 nitrogen and oxygen atoms in total. The monoisotopic (exact) mass is 330 g/mol. The Morgan fingerprint density at radius 1 is 1.42 bits per heavy atom. The van der Waals surface area contributed by atoms with Crippen molar-refractivity contribution in [2.24, 2.45) is 13.0 Å². The van der Waals surface area contributed by atoms with Crippen LogP contribution in [0.2, 0.25) is 0 Å². The number of rotatable bonds is 5. The van der Waals surface area contributed by atoms with Crippen LogP contribution in [-0.4, -0.2) is 51.9 Å². The van der Waals surface area contributed by atoms with Crippen LogP contribution in [0.25, 0.3) is 0 Å². The number of ether oxygens (including phenoxy) is 1. The number of amides is 1. The van der Waals surface area contributed by atoms with E-state index in [1.165, 1.54) is 12.3 Å². The molecule has 0 unspecified atom stereocenters. The van der Waals surface area contributed by atoms with Crippen LogP contribution in [0, 0.1) is 5.92 Å². The number of aryl methyl sites for hydroxylation is 1. The van der Waals surface area contributed by atoms with Gasteiger partial charge in [0.2, 0.25) is 5.56 Å². The van der Waals surface area contributed by atoms with Crippen molar-refractivity contribution in [2.75, 3.05) is 26.3 Å². The van der Waals surface area contributed by atoms with E-state index in [0.29, 0.717) is 31.9 Å². The zero-order valence-electron chi connectivity index (χ0n) is 13.9. The third kappa shape index (κ3) is 3.41. The highest BCUT2D eigenvalue weighted by Gasteiger charge is 2.37. The van der Waals surface area contributed by atoms with Crippen LogP contribution in [0.3, 0.4) is 0 Å². The molecule has 7 heteroatoms. The maximum absolute atomic E-state index is 12.7. The van der Waals surface area contributed by atoms with Crippen molar-refractivity contribution in [3.8, 4) is 0 Å². The Bertz CT molecular complexity index is 747. The van der Waals surface area contributed by atoms with Gasteiger partial charge in [-0.25, -0.2) is 0 Å². The van der Waals surface area contributed by atoms with Gasteiger partial charge in [-0.1, -0.05) is 0 Å². The molecule has 0 bridgehead atoms. The van der Waals surface area contributed by atoms with Crippen molar-refractivity contribution < 1.29 is 9.53 Å². The first-order valence-corrected chi connectivity index (χ1v) is 8.12. The molecular formula is C17H22N4O3. The third-order valence-corrected chi connectivity index (χ3v) is 4.45. The molecule has 0 aliphatic carbocycles. The number of pyridine rings is 1. The van der Waals surface area contributed by atoms with Gasteiger partial charge in [-0.15, -0.1) is 0 Å². The average Bonchev–Trinajstić information content (AvgIpc) is 3.19. The maximum atomic E-state index is 12.7. The van der Waals surface area contributed by atoms with E-state index in [2.05, 4.69) is 10.1 Å². The predicted octanol–water partition coefficient (Wildman–Crippen LogP) is 1.00. The van der Waals surface area contributed by atoms with Crippen molar-refractivity contribution in [3.05, 3.63) is 52.2 Å². The second-order valence-electron chi connectivity index (χ2n) is 6.13. The van der Waals surface area contributed by atoms with E-state index in [4.69, 9.17) is 4.74 Å². The molecule has 1 fully saturated rings. The first-order chi connectivity index (χ1) is 11.6. The summed E-state index contributed by atoms with van der Waals surface area (Å²) in [5.41, 5.74) is 1.41. The minimum absolute atomic E-state index is 0.0702. The van der Waals surface area contributed by atoms with Gasteiger partial charge in [0.1, 0.15) is 0 Å². The molecule has 1 saturated heterocycles. The molecule has 128 valence electrons. The van der Waals surface area contributed by atoms with E-state index in [1.807, 2.05) is 31.3 Å². The number of aromatic amines is 1. The number of hydrogen-bond acceptors (Lipinski definition) is 4. The fourth-order valence-electron chi connectivity index (χ4n) is 3.21. The van der Waals surface area contributed by atoms with E-state index in [1.54, 1.807) is 10.7 Å². The summed E-state index contributed by atoms with van der Waals surface area (Å²) < 4.78 is 7.39. The topological polar surface area (TPSA) is 80.2 Å². The molecule has 24 heavy (non-hydrogen) atoms. The van der Waals surface area contributed by atoms with Gasteiger partial charge in [0.15, 0.2) is 0 Å². The van der Waals surface area contributed by atoms with Crippen molar-refractivity contribution in [3.63, 3.8) is 0 Å². The number of nitrogens with zero attached hydrogens (tertiary/aromatic N) is 3. The number of H-pyrrole nitrogens is 1. The maximum Gasteiger partial charge on any atom is 0.255 e. The Balaban J connectivity index is 1.79. The first-order valence-electron chi connectivity index (χ1n) is 8.12. The second kappa shape index (κ2) is 7.00. The Hall–Kier alpha value is -2.41. The van der Waals surface area contributed by atoms with Gasteiger partial charge >= 0.3 is 0 Å². The predicted molar refractivity (Wildman–Crippen MR) is 88.9 cm³/mol. The first kappa shape index (κ1) is 16.4. The number of aromatic nitrogens is 3. The fourth-order valence-corrected chi connectivity index (χ4v) is 3.21. The molecule has 0 aromatic carbocycles. The van der Waals surface area contributed by atoms with E-state index >= 15 is 0 Å². The quantitative estimate of drug-likeness (QED) is 0.887. The minimum atomic E-state index is -0.213. The summed E-state index contributed by atoms with van der Waals surface area (Å²) in [4.78, 5) is 28.3. The highest BCUT2D eigenvalue weighted by Crippen LogP contribution is 2.33. The van der Waals surface area contributed by atoms with Crippen molar-refractivity contribution in [1.29, 1.82) is 0 Å². The molecule has 0 radical (unpaired) electrons. The molecule has 2 atom stereocenters. The molecule has 2 aromatic heterocycles. The van der Waals surface area contributed by atoms with Gasteiger partial charge in [0.25, 0.3) is 5.91 Å². The van der Waals surface area contributed by atoms with Gasteiger partial charge in [-0.3, -0.25) is 14.3 Å². The molecule has 1 amide bonds. The van der Waals surface area contributed by atoms with Gasteiger partial charge in [0.05, 0.1) is 18.4 Å². The van der Waals surface area contributed by atoms with Crippen molar-refractivity contribution in [1.82, 2.24) is 19.7 Å². The lowest BCUT2D eigenvalue weighted by Gasteiger charge is -2.16. The smallest absolute Gasteiger partial charge is 0.255 e. The van der Waals surface area contributed by atoms with Gasteiger partial charge in [-0.05, 0) is 18.6 Å². The lowest BCUT2D eigenvalue weighted by molar-refractivity contribution is 0.0762. The number of nitrogens with one attached hydrogen (secondary N) is 1. The van der Waals surface area contributed by atoms with Crippen LogP contribution in [0.4, 0.5) is 0 Å². The summed E-state index contributed by atoms with van der Waals surface area (Å²) in [7, 11) is 1.89. The van der Waals surface area contributed by atoms with E-state index in [0.717, 1.165) is 5.56 Å². The van der Waals surface area contributed by atoms with Crippen LogP contribution in [0.5, 0.6) is 0 Å². The Labute approximate surface area is 140 Å². The molecule has 0 spiro atoms. The molecule has 0 saturated carbocycles. The number of likely N-dealkylation sites (tertiary alicyclic amines) is 1. The summed E-state index contributed by atoms with van der Waals surface area (Å²) in [5, 5.41) is 4.25. The summed E-state index contributed by atoms with van der Waals surface area (Å²) >= 11 is 0. The highest BCUT2D eigenvalue weighted by atomic mass is 16.5. The fraction of sp³-hybridized carbons (Fsp3) is 0.471. The Kier molecular flexibility index (Phi) is 4.80. The second-order valence-corrected chi connectivity index (χ2v) is 6.13. The Morgan fingerprint density at radius 2 is 2.25 bits per heavy atom.